The number of nitrogens with zero attached hydrogens (tertiary/aromatic N) is 3. The third-order valence-electron chi connectivity index (χ3n) is 3.88. The molecular weight excluding hydrogens is 286 g/mol. The SMILES string of the molecule is O=C(NC1CSc2ccccc21)c1cn(C2CNC2)nn1. The van der Waals surface area contributed by atoms with Crippen LogP contribution in [0.15, 0.2) is 35.4 Å². The predicted octanol–water partition coefficient (Wildman–Crippen LogP) is 0.999. The van der Waals surface area contributed by atoms with Gasteiger partial charge in [-0.2, -0.15) is 0 Å². The molecule has 0 bridgehead atoms. The molecule has 1 amide bonds. The Morgan fingerprint density at radius 1 is 1.38 bits per heavy atom. The predicted molar refractivity (Wildman–Crippen MR) is 79.3 cm³/mol. The second-order valence-corrected chi connectivity index (χ2v) is 6.33. The van der Waals surface area contributed by atoms with Crippen molar-refractivity contribution in [2.75, 3.05) is 18.8 Å². The molecule has 0 aliphatic carbocycles. The number of aromatic nitrogens is 3. The monoisotopic (exact) mass is 301 g/mol. The molecule has 1 atom stereocenters. The zero-order chi connectivity index (χ0) is 14.2. The summed E-state index contributed by atoms with van der Waals surface area (Å²) < 4.78 is 1.77. The lowest BCUT2D eigenvalue weighted by Crippen LogP contribution is -2.43. The molecule has 1 aromatic heterocycles. The molecule has 1 saturated heterocycles. The Morgan fingerprint density at radius 3 is 3.05 bits per heavy atom. The van der Waals surface area contributed by atoms with Crippen LogP contribution < -0.4 is 10.6 Å². The summed E-state index contributed by atoms with van der Waals surface area (Å²) in [6.45, 7) is 1.77. The number of benzene rings is 1. The lowest BCUT2D eigenvalue weighted by atomic mass is 10.1. The van der Waals surface area contributed by atoms with E-state index in [0.29, 0.717) is 11.7 Å². The summed E-state index contributed by atoms with van der Waals surface area (Å²) in [6, 6.07) is 8.55. The van der Waals surface area contributed by atoms with Gasteiger partial charge in [-0.15, -0.1) is 16.9 Å². The summed E-state index contributed by atoms with van der Waals surface area (Å²) in [5, 5.41) is 14.2. The van der Waals surface area contributed by atoms with E-state index >= 15 is 0 Å². The van der Waals surface area contributed by atoms with Crippen molar-refractivity contribution in [3.05, 3.63) is 41.7 Å². The van der Waals surface area contributed by atoms with Gasteiger partial charge in [0.15, 0.2) is 5.69 Å². The standard InChI is InChI=1S/C14H15N5OS/c20-14(11-7-19(18-17-11)9-5-15-6-9)16-12-8-21-13-4-2-1-3-10(12)13/h1-4,7,9,12,15H,5-6,8H2,(H,16,20). The van der Waals surface area contributed by atoms with Gasteiger partial charge in [-0.25, -0.2) is 4.68 Å². The molecule has 108 valence electrons. The molecule has 6 nitrogen and oxygen atoms in total. The van der Waals surface area contributed by atoms with E-state index < -0.39 is 0 Å². The Labute approximate surface area is 126 Å². The van der Waals surface area contributed by atoms with Gasteiger partial charge in [-0.3, -0.25) is 4.79 Å². The average Bonchev–Trinajstić information content (AvgIpc) is 3.05. The number of nitrogens with one attached hydrogen (secondary N) is 2. The molecule has 21 heavy (non-hydrogen) atoms. The number of rotatable bonds is 3. The van der Waals surface area contributed by atoms with Gasteiger partial charge in [0.25, 0.3) is 5.91 Å². The maximum atomic E-state index is 12.3. The molecule has 0 radical (unpaired) electrons. The third-order valence-corrected chi connectivity index (χ3v) is 5.07. The normalized spacial score (nSPS) is 20.9. The minimum Gasteiger partial charge on any atom is -0.343 e. The molecule has 3 heterocycles. The van der Waals surface area contributed by atoms with Crippen molar-refractivity contribution < 1.29 is 4.79 Å². The summed E-state index contributed by atoms with van der Waals surface area (Å²) in [5.74, 6) is 0.710. The van der Waals surface area contributed by atoms with Crippen molar-refractivity contribution in [3.63, 3.8) is 0 Å². The first-order valence-corrected chi connectivity index (χ1v) is 7.95. The van der Waals surface area contributed by atoms with E-state index in [1.54, 1.807) is 22.6 Å². The number of hydrogen-bond acceptors (Lipinski definition) is 5. The molecule has 2 N–H and O–H groups in total. The Morgan fingerprint density at radius 2 is 2.24 bits per heavy atom. The number of amides is 1. The van der Waals surface area contributed by atoms with Crippen LogP contribution in [0.25, 0.3) is 0 Å². The van der Waals surface area contributed by atoms with Gasteiger partial charge in [0, 0.05) is 23.7 Å². The van der Waals surface area contributed by atoms with Crippen molar-refractivity contribution in [2.45, 2.75) is 17.0 Å². The second-order valence-electron chi connectivity index (χ2n) is 5.27. The van der Waals surface area contributed by atoms with Crippen LogP contribution in [0.4, 0.5) is 0 Å². The summed E-state index contributed by atoms with van der Waals surface area (Å²) in [5.41, 5.74) is 1.57. The van der Waals surface area contributed by atoms with Crippen LogP contribution in [0.5, 0.6) is 0 Å². The molecule has 0 saturated carbocycles. The Kier molecular flexibility index (Phi) is 3.16. The van der Waals surface area contributed by atoms with E-state index in [1.807, 2.05) is 12.1 Å². The number of thioether (sulfide) groups is 1. The minimum atomic E-state index is -0.157. The van der Waals surface area contributed by atoms with E-state index in [-0.39, 0.29) is 11.9 Å². The number of carbonyl (C=O) groups excluding carboxylic acids is 1. The molecule has 0 spiro atoms. The Bertz CT molecular complexity index is 682. The van der Waals surface area contributed by atoms with Crippen LogP contribution in [0.3, 0.4) is 0 Å². The first-order valence-electron chi connectivity index (χ1n) is 6.96. The van der Waals surface area contributed by atoms with Crippen molar-refractivity contribution in [3.8, 4) is 0 Å². The maximum Gasteiger partial charge on any atom is 0.273 e. The van der Waals surface area contributed by atoms with Crippen molar-refractivity contribution in [2.24, 2.45) is 0 Å². The number of carbonyl (C=O) groups is 1. The Balaban J connectivity index is 1.47. The molecule has 4 rings (SSSR count). The molecule has 1 fully saturated rings. The van der Waals surface area contributed by atoms with Crippen LogP contribution in [0.2, 0.25) is 0 Å². The quantitative estimate of drug-likeness (QED) is 0.885. The lowest BCUT2D eigenvalue weighted by Gasteiger charge is -2.26. The smallest absolute Gasteiger partial charge is 0.273 e. The summed E-state index contributed by atoms with van der Waals surface area (Å²) in [7, 11) is 0. The number of hydrogen-bond donors (Lipinski definition) is 2. The molecule has 2 aromatic rings. The third kappa shape index (κ3) is 2.32. The van der Waals surface area contributed by atoms with Gasteiger partial charge in [0.1, 0.15) is 0 Å². The summed E-state index contributed by atoms with van der Waals surface area (Å²) >= 11 is 1.77. The first-order chi connectivity index (χ1) is 10.3. The minimum absolute atomic E-state index is 0.0502. The Hall–Kier alpha value is -1.86. The van der Waals surface area contributed by atoms with Crippen molar-refractivity contribution in [1.29, 1.82) is 0 Å². The summed E-state index contributed by atoms with van der Waals surface area (Å²) in [4.78, 5) is 13.5. The van der Waals surface area contributed by atoms with Crippen LogP contribution in [-0.4, -0.2) is 39.7 Å². The van der Waals surface area contributed by atoms with Crippen molar-refractivity contribution in [1.82, 2.24) is 25.6 Å². The zero-order valence-electron chi connectivity index (χ0n) is 11.3. The molecule has 7 heteroatoms. The maximum absolute atomic E-state index is 12.3. The lowest BCUT2D eigenvalue weighted by molar-refractivity contribution is 0.0935. The largest absolute Gasteiger partial charge is 0.343 e. The van der Waals surface area contributed by atoms with Crippen LogP contribution >= 0.6 is 11.8 Å². The van der Waals surface area contributed by atoms with Crippen LogP contribution in [-0.2, 0) is 0 Å². The van der Waals surface area contributed by atoms with Crippen LogP contribution in [0.1, 0.15) is 28.1 Å². The van der Waals surface area contributed by atoms with E-state index in [9.17, 15) is 4.79 Å². The first kappa shape index (κ1) is 12.8. The zero-order valence-corrected chi connectivity index (χ0v) is 12.1. The van der Waals surface area contributed by atoms with E-state index in [4.69, 9.17) is 0 Å². The molecular formula is C14H15N5OS. The summed E-state index contributed by atoms with van der Waals surface area (Å²) in [6.07, 6.45) is 1.73. The fourth-order valence-corrected chi connectivity index (χ4v) is 3.69. The van der Waals surface area contributed by atoms with Gasteiger partial charge in [0.05, 0.1) is 18.3 Å². The molecule has 1 aromatic carbocycles. The van der Waals surface area contributed by atoms with Gasteiger partial charge in [-0.05, 0) is 11.6 Å². The van der Waals surface area contributed by atoms with Gasteiger partial charge < -0.3 is 10.6 Å². The van der Waals surface area contributed by atoms with Gasteiger partial charge >= 0.3 is 0 Å². The fourth-order valence-electron chi connectivity index (χ4n) is 2.53. The average molecular weight is 301 g/mol. The van der Waals surface area contributed by atoms with E-state index in [1.165, 1.54) is 10.5 Å². The van der Waals surface area contributed by atoms with Gasteiger partial charge in [-0.1, -0.05) is 23.4 Å². The second kappa shape index (κ2) is 5.16. The van der Waals surface area contributed by atoms with Gasteiger partial charge in [0.2, 0.25) is 0 Å². The highest BCUT2D eigenvalue weighted by atomic mass is 32.2. The van der Waals surface area contributed by atoms with E-state index in [0.717, 1.165) is 18.8 Å². The fraction of sp³-hybridized carbons (Fsp3) is 0.357. The topological polar surface area (TPSA) is 71.8 Å². The molecule has 1 unspecified atom stereocenters. The highest BCUT2D eigenvalue weighted by Crippen LogP contribution is 2.37. The molecule has 2 aliphatic rings. The molecule has 2 aliphatic heterocycles. The highest BCUT2D eigenvalue weighted by molar-refractivity contribution is 7.99. The number of fused-ring (bicyclic) bond motifs is 1. The van der Waals surface area contributed by atoms with E-state index in [2.05, 4.69) is 33.1 Å². The van der Waals surface area contributed by atoms with Crippen molar-refractivity contribution >= 4 is 17.7 Å². The van der Waals surface area contributed by atoms with Crippen LogP contribution in [0, 0.1) is 0 Å². The highest BCUT2D eigenvalue weighted by Gasteiger charge is 2.26.